The predicted molar refractivity (Wildman–Crippen MR) is 494 cm³/mol. The topological polar surface area (TPSA) is 42.6 Å². The molecule has 0 radical (unpaired) electrons. The quantitative estimate of drug-likeness (QED) is 0.109. The van der Waals surface area contributed by atoms with Crippen molar-refractivity contribution in [3.05, 3.63) is 434 Å². The maximum Gasteiger partial charge on any atom is 0.160 e. The highest BCUT2D eigenvalue weighted by molar-refractivity contribution is 9.11. The van der Waals surface area contributed by atoms with Crippen molar-refractivity contribution < 1.29 is 8.83 Å². The maximum absolute atomic E-state index is 7.09. The molecule has 0 fully saturated rings. The van der Waals surface area contributed by atoms with E-state index in [4.69, 9.17) is 8.83 Å². The number of fused-ring (bicyclic) bond motifs is 12. The van der Waals surface area contributed by atoms with Gasteiger partial charge in [0.25, 0.3) is 0 Å². The minimum Gasteiger partial charge on any atom is -0.453 e. The molecule has 548 valence electrons. The summed E-state index contributed by atoms with van der Waals surface area (Å²) in [6.07, 6.45) is 0. The van der Waals surface area contributed by atoms with E-state index < -0.39 is 0 Å². The fraction of sp³-hybridized carbons (Fsp3) is 0. The van der Waals surface area contributed by atoms with Crippen LogP contribution in [-0.4, -0.2) is 9.13 Å². The van der Waals surface area contributed by atoms with E-state index in [2.05, 4.69) is 469 Å². The van der Waals surface area contributed by atoms with Crippen molar-refractivity contribution in [2.45, 2.75) is 0 Å². The summed E-state index contributed by atoms with van der Waals surface area (Å²) >= 11 is 7.84. The summed E-state index contributed by atoms with van der Waals surface area (Å²) in [6, 6.07) is 151. The molecule has 116 heavy (non-hydrogen) atoms. The summed E-state index contributed by atoms with van der Waals surface area (Å²) in [6.45, 7) is 0. The van der Waals surface area contributed by atoms with Crippen molar-refractivity contribution >= 4 is 153 Å². The Morgan fingerprint density at radius 1 is 0.198 bits per heavy atom. The van der Waals surface area contributed by atoms with Crippen LogP contribution in [-0.2, 0) is 0 Å². The Bertz CT molecular complexity index is 7410. The molecular weight excluding hydrogens is 1550 g/mol. The lowest BCUT2D eigenvalue weighted by Gasteiger charge is -2.26. The summed E-state index contributed by atoms with van der Waals surface area (Å²) in [7, 11) is 0. The number of hydrogen-bond donors (Lipinski definition) is 0. The van der Waals surface area contributed by atoms with Crippen LogP contribution in [0.15, 0.2) is 442 Å². The summed E-state index contributed by atoms with van der Waals surface area (Å²) < 4.78 is 20.7. The second kappa shape index (κ2) is 29.7. The second-order valence-electron chi connectivity index (χ2n) is 29.3. The van der Waals surface area contributed by atoms with Crippen LogP contribution in [0.5, 0.6) is 0 Å². The average molecular weight is 1620 g/mol. The molecule has 22 aromatic rings. The van der Waals surface area contributed by atoms with E-state index in [1.54, 1.807) is 0 Å². The zero-order valence-electron chi connectivity index (χ0n) is 62.8. The van der Waals surface area contributed by atoms with Gasteiger partial charge in [-0.05, 0) is 195 Å². The maximum atomic E-state index is 7.09. The van der Waals surface area contributed by atoms with E-state index in [-0.39, 0.29) is 0 Å². The largest absolute Gasteiger partial charge is 0.453 e. The highest BCUT2D eigenvalue weighted by Gasteiger charge is 2.26. The van der Waals surface area contributed by atoms with Crippen LogP contribution in [0, 0.1) is 0 Å². The van der Waals surface area contributed by atoms with Crippen LogP contribution in [0.3, 0.4) is 0 Å². The van der Waals surface area contributed by atoms with E-state index in [1.807, 2.05) is 6.07 Å². The minimum absolute atomic E-state index is 0.804. The van der Waals surface area contributed by atoms with Gasteiger partial charge >= 0.3 is 0 Å². The van der Waals surface area contributed by atoms with Crippen LogP contribution in [0.25, 0.3) is 166 Å². The molecule has 0 N–H and O–H groups in total. The highest BCUT2D eigenvalue weighted by atomic mass is 79.9. The third kappa shape index (κ3) is 12.4. The van der Waals surface area contributed by atoms with E-state index >= 15 is 0 Å². The van der Waals surface area contributed by atoms with E-state index in [0.717, 1.165) is 126 Å². The molecule has 0 spiro atoms. The van der Waals surface area contributed by atoms with Crippen LogP contribution >= 0.6 is 31.9 Å². The summed E-state index contributed by atoms with van der Waals surface area (Å²) in [5, 5.41) is 9.22. The fourth-order valence-corrected chi connectivity index (χ4v) is 18.1. The van der Waals surface area contributed by atoms with Gasteiger partial charge < -0.3 is 27.8 Å². The van der Waals surface area contributed by atoms with Crippen molar-refractivity contribution in [1.82, 2.24) is 9.13 Å². The molecule has 0 unspecified atom stereocenters. The van der Waals surface area contributed by atoms with Crippen molar-refractivity contribution in [2.75, 3.05) is 9.80 Å². The third-order valence-corrected chi connectivity index (χ3v) is 23.9. The summed E-state index contributed by atoms with van der Waals surface area (Å²) in [4.78, 5) is 4.57. The zero-order chi connectivity index (χ0) is 77.2. The fourth-order valence-electron chi connectivity index (χ4n) is 17.1. The molecule has 0 bridgehead atoms. The molecule has 0 amide bonds. The van der Waals surface area contributed by atoms with Gasteiger partial charge in [0.1, 0.15) is 11.2 Å². The normalized spacial score (nSPS) is 11.5. The van der Waals surface area contributed by atoms with Gasteiger partial charge in [-0.1, -0.05) is 317 Å². The molecule has 18 aromatic carbocycles. The first-order chi connectivity index (χ1) is 57.4. The Hall–Kier alpha value is -14.3. The standard InChI is InChI=1S/C54H34Br2N2O.C54H36N2O/c55-46-30-29-43(38-22-20-37(21-23-38)39-26-32-49-45(34-39)44-18-10-11-19-48(44)58(49)41-16-8-3-9-17-41)53-51(46)52-47(56)31-33-50(54(52)59-53)57(40-14-6-2-7-15-40)42-27-24-36(25-28-42)35-12-4-1-5-13-35;1-4-14-37(15-5-1)38-30-33-44(34-31-38)55(42-16-6-2-7-17-42)52-25-13-23-48-47-22-12-21-45(53(47)57-54(48)52)40-28-26-39(27-29-40)41-32-35-51-49(36-41)46-20-10-11-24-50(46)56(51)43-18-8-3-9-19-43/h1-34H;1-36H. The molecule has 8 heteroatoms. The lowest BCUT2D eigenvalue weighted by molar-refractivity contribution is 0.669. The molecule has 0 saturated heterocycles. The van der Waals surface area contributed by atoms with Gasteiger partial charge in [0, 0.05) is 97.3 Å². The van der Waals surface area contributed by atoms with Crippen LogP contribution < -0.4 is 9.80 Å². The molecular formula is C108H70Br2N4O2. The van der Waals surface area contributed by atoms with Crippen LogP contribution in [0.2, 0.25) is 0 Å². The minimum atomic E-state index is 0.804. The van der Waals surface area contributed by atoms with Gasteiger partial charge in [-0.15, -0.1) is 0 Å². The monoisotopic (exact) mass is 1610 g/mol. The molecule has 0 aliphatic heterocycles. The number of rotatable bonds is 14. The highest BCUT2D eigenvalue weighted by Crippen LogP contribution is 2.51. The lowest BCUT2D eigenvalue weighted by Crippen LogP contribution is -2.10. The van der Waals surface area contributed by atoms with Gasteiger partial charge in [0.05, 0.1) is 33.4 Å². The van der Waals surface area contributed by atoms with Gasteiger partial charge in [-0.2, -0.15) is 0 Å². The molecule has 0 aliphatic rings. The molecule has 6 nitrogen and oxygen atoms in total. The Balaban J connectivity index is 0.000000145. The summed E-state index contributed by atoms with van der Waals surface area (Å²) in [5.74, 6) is 0. The third-order valence-electron chi connectivity index (χ3n) is 22.6. The van der Waals surface area contributed by atoms with Gasteiger partial charge in [0.15, 0.2) is 11.2 Å². The van der Waals surface area contributed by atoms with Gasteiger partial charge in [0.2, 0.25) is 0 Å². The van der Waals surface area contributed by atoms with Crippen molar-refractivity contribution in [3.8, 4) is 78.1 Å². The smallest absolute Gasteiger partial charge is 0.160 e. The number of anilines is 6. The number of nitrogens with zero attached hydrogens (tertiary/aromatic N) is 4. The molecule has 0 atom stereocenters. The van der Waals surface area contributed by atoms with E-state index in [9.17, 15) is 0 Å². The van der Waals surface area contributed by atoms with Gasteiger partial charge in [-0.25, -0.2) is 0 Å². The van der Waals surface area contributed by atoms with Crippen LogP contribution in [0.1, 0.15) is 0 Å². The van der Waals surface area contributed by atoms with E-state index in [1.165, 1.54) is 82.6 Å². The summed E-state index contributed by atoms with van der Waals surface area (Å²) in [5.41, 5.74) is 30.4. The molecule has 0 aliphatic carbocycles. The molecule has 4 heterocycles. The van der Waals surface area contributed by atoms with Crippen molar-refractivity contribution in [2.24, 2.45) is 0 Å². The molecule has 4 aromatic heterocycles. The molecule has 22 rings (SSSR count). The SMILES string of the molecule is Brc1ccc(-c2ccc(-c3ccc4c(c3)c3ccccc3n4-c3ccccc3)cc2)c2oc3c(N(c4ccccc4)c4ccc(-c5ccccc5)cc4)ccc(Br)c3c12.c1ccc(-c2ccc(N(c3ccccc3)c3cccc4c3oc3c(-c5ccc(-c6ccc7c(c6)c6ccccc6n7-c6ccccc6)cc5)cccc34)cc2)cc1. The Morgan fingerprint density at radius 2 is 0.517 bits per heavy atom. The number of aromatic nitrogens is 2. The van der Waals surface area contributed by atoms with Gasteiger partial charge in [-0.3, -0.25) is 0 Å². The first-order valence-corrected chi connectivity index (χ1v) is 40.7. The Kier molecular flexibility index (Phi) is 17.8. The Morgan fingerprint density at radius 3 is 1.00 bits per heavy atom. The molecule has 0 saturated carbocycles. The lowest BCUT2D eigenvalue weighted by atomic mass is 9.98. The first-order valence-electron chi connectivity index (χ1n) is 39.1. The second-order valence-corrected chi connectivity index (χ2v) is 31.0. The number of hydrogen-bond acceptors (Lipinski definition) is 4. The first kappa shape index (κ1) is 69.6. The average Bonchev–Trinajstić information content (AvgIpc) is 1.56. The van der Waals surface area contributed by atoms with Crippen molar-refractivity contribution in [3.63, 3.8) is 0 Å². The number of furan rings is 2. The number of halogens is 2. The predicted octanol–water partition coefficient (Wildman–Crippen LogP) is 31.8. The number of benzene rings is 18. The zero-order valence-corrected chi connectivity index (χ0v) is 65.9. The Labute approximate surface area is 687 Å². The number of para-hydroxylation sites is 8. The van der Waals surface area contributed by atoms with Crippen LogP contribution in [0.4, 0.5) is 34.1 Å². The van der Waals surface area contributed by atoms with E-state index in [0.29, 0.717) is 0 Å². The van der Waals surface area contributed by atoms with Crippen molar-refractivity contribution in [1.29, 1.82) is 0 Å².